The summed E-state index contributed by atoms with van der Waals surface area (Å²) in [5.74, 6) is 1.40. The molecule has 1 amide bonds. The van der Waals surface area contributed by atoms with Crippen molar-refractivity contribution in [2.45, 2.75) is 40.2 Å². The van der Waals surface area contributed by atoms with Crippen LogP contribution in [-0.4, -0.2) is 55.3 Å². The second-order valence-corrected chi connectivity index (χ2v) is 8.18. The normalized spacial score (nSPS) is 14.5. The number of amides is 1. The molecule has 0 aliphatic carbocycles. The molecule has 0 spiro atoms. The summed E-state index contributed by atoms with van der Waals surface area (Å²) >= 11 is 0. The van der Waals surface area contributed by atoms with Crippen molar-refractivity contribution in [3.63, 3.8) is 0 Å². The van der Waals surface area contributed by atoms with E-state index in [0.717, 1.165) is 48.8 Å². The number of piperidine rings is 1. The first-order chi connectivity index (χ1) is 15.4. The van der Waals surface area contributed by atoms with E-state index in [4.69, 9.17) is 0 Å². The summed E-state index contributed by atoms with van der Waals surface area (Å²) in [6.45, 7) is 7.93. The molecule has 0 bridgehead atoms. The van der Waals surface area contributed by atoms with Crippen LogP contribution in [0.5, 0.6) is 0 Å². The van der Waals surface area contributed by atoms with Gasteiger partial charge in [0.15, 0.2) is 11.6 Å². The van der Waals surface area contributed by atoms with Crippen LogP contribution in [0.4, 0.5) is 5.82 Å². The SMILES string of the molecule is Cc1ccc(N2CCC(C(=O)NCCn3nc(-n4nc(C)cc4C)ccc3=O)CC2)nn1. The molecule has 0 atom stereocenters. The second-order valence-electron chi connectivity index (χ2n) is 8.18. The van der Waals surface area contributed by atoms with Gasteiger partial charge in [-0.25, -0.2) is 9.36 Å². The molecule has 32 heavy (non-hydrogen) atoms. The van der Waals surface area contributed by atoms with Crippen LogP contribution in [0.2, 0.25) is 0 Å². The third kappa shape index (κ3) is 4.84. The monoisotopic (exact) mass is 436 g/mol. The zero-order chi connectivity index (χ0) is 22.7. The molecule has 0 aromatic carbocycles. The lowest BCUT2D eigenvalue weighted by Crippen LogP contribution is -2.42. The molecular weight excluding hydrogens is 408 g/mol. The molecule has 0 saturated carbocycles. The molecule has 10 heteroatoms. The number of carbonyl (C=O) groups is 1. The van der Waals surface area contributed by atoms with Crippen molar-refractivity contribution in [2.75, 3.05) is 24.5 Å². The van der Waals surface area contributed by atoms with Crippen molar-refractivity contribution in [1.29, 1.82) is 0 Å². The largest absolute Gasteiger partial charge is 0.355 e. The third-order valence-electron chi connectivity index (χ3n) is 5.68. The number of nitrogens with zero attached hydrogens (tertiary/aromatic N) is 7. The fraction of sp³-hybridized carbons (Fsp3) is 0.455. The van der Waals surface area contributed by atoms with Gasteiger partial charge in [0, 0.05) is 37.3 Å². The van der Waals surface area contributed by atoms with E-state index in [1.807, 2.05) is 39.0 Å². The molecule has 1 N–H and O–H groups in total. The van der Waals surface area contributed by atoms with Crippen LogP contribution in [0.25, 0.3) is 5.82 Å². The van der Waals surface area contributed by atoms with Crippen LogP contribution >= 0.6 is 0 Å². The standard InChI is InChI=1S/C22H28N8O2/c1-15-4-5-19(25-24-15)28-11-8-18(9-12-28)22(32)23-10-13-29-21(31)7-6-20(27-29)30-17(3)14-16(2)26-30/h4-7,14,18H,8-13H2,1-3H3,(H,23,32). The molecular formula is C22H28N8O2. The van der Waals surface area contributed by atoms with E-state index in [0.29, 0.717) is 18.9 Å². The molecule has 4 rings (SSSR count). The highest BCUT2D eigenvalue weighted by Gasteiger charge is 2.25. The topological polar surface area (TPSA) is 111 Å². The van der Waals surface area contributed by atoms with Gasteiger partial charge in [0.25, 0.3) is 5.56 Å². The first-order valence-corrected chi connectivity index (χ1v) is 10.9. The van der Waals surface area contributed by atoms with Gasteiger partial charge in [-0.15, -0.1) is 10.2 Å². The average molecular weight is 437 g/mol. The van der Waals surface area contributed by atoms with Crippen LogP contribution in [-0.2, 0) is 11.3 Å². The molecule has 1 aliphatic rings. The number of aryl methyl sites for hydroxylation is 3. The molecule has 1 saturated heterocycles. The number of rotatable bonds is 6. The van der Waals surface area contributed by atoms with Gasteiger partial charge in [-0.2, -0.15) is 10.2 Å². The molecule has 3 aromatic heterocycles. The molecule has 3 aromatic rings. The minimum absolute atomic E-state index is 0.0161. The van der Waals surface area contributed by atoms with Gasteiger partial charge in [-0.3, -0.25) is 9.59 Å². The zero-order valence-electron chi connectivity index (χ0n) is 18.7. The quantitative estimate of drug-likeness (QED) is 0.618. The predicted octanol–water partition coefficient (Wildman–Crippen LogP) is 1.18. The fourth-order valence-corrected chi connectivity index (χ4v) is 3.93. The summed E-state index contributed by atoms with van der Waals surface area (Å²) in [7, 11) is 0. The van der Waals surface area contributed by atoms with Crippen molar-refractivity contribution < 1.29 is 4.79 Å². The van der Waals surface area contributed by atoms with Gasteiger partial charge < -0.3 is 10.2 Å². The van der Waals surface area contributed by atoms with Crippen molar-refractivity contribution in [3.05, 3.63) is 57.8 Å². The number of hydrogen-bond donors (Lipinski definition) is 1. The Balaban J connectivity index is 1.30. The summed E-state index contributed by atoms with van der Waals surface area (Å²) in [6, 6.07) is 9.00. The van der Waals surface area contributed by atoms with E-state index in [9.17, 15) is 9.59 Å². The van der Waals surface area contributed by atoms with Crippen molar-refractivity contribution in [1.82, 2.24) is 35.1 Å². The Morgan fingerprint density at radius 3 is 2.41 bits per heavy atom. The second kappa shape index (κ2) is 9.29. The maximum Gasteiger partial charge on any atom is 0.266 e. The smallest absolute Gasteiger partial charge is 0.266 e. The van der Waals surface area contributed by atoms with Crippen molar-refractivity contribution in [3.8, 4) is 5.82 Å². The molecule has 10 nitrogen and oxygen atoms in total. The van der Waals surface area contributed by atoms with Gasteiger partial charge >= 0.3 is 0 Å². The van der Waals surface area contributed by atoms with Gasteiger partial charge in [-0.05, 0) is 57.9 Å². The van der Waals surface area contributed by atoms with Crippen LogP contribution in [0.15, 0.2) is 35.1 Å². The lowest BCUT2D eigenvalue weighted by Gasteiger charge is -2.31. The number of nitrogens with one attached hydrogen (secondary N) is 1. The van der Waals surface area contributed by atoms with E-state index >= 15 is 0 Å². The van der Waals surface area contributed by atoms with Crippen LogP contribution < -0.4 is 15.8 Å². The van der Waals surface area contributed by atoms with Gasteiger partial charge in [0.1, 0.15) is 0 Å². The minimum atomic E-state index is -0.211. The van der Waals surface area contributed by atoms with E-state index in [-0.39, 0.29) is 17.4 Å². The maximum absolute atomic E-state index is 12.6. The Kier molecular flexibility index (Phi) is 6.29. The van der Waals surface area contributed by atoms with Gasteiger partial charge in [-0.1, -0.05) is 0 Å². The lowest BCUT2D eigenvalue weighted by molar-refractivity contribution is -0.125. The maximum atomic E-state index is 12.6. The van der Waals surface area contributed by atoms with Crippen molar-refractivity contribution >= 4 is 11.7 Å². The van der Waals surface area contributed by atoms with Gasteiger partial charge in [0.2, 0.25) is 5.91 Å². The minimum Gasteiger partial charge on any atom is -0.355 e. The van der Waals surface area contributed by atoms with Crippen LogP contribution in [0, 0.1) is 26.7 Å². The predicted molar refractivity (Wildman–Crippen MR) is 120 cm³/mol. The Labute approximate surface area is 186 Å². The summed E-state index contributed by atoms with van der Waals surface area (Å²) < 4.78 is 3.07. The first kappa shape index (κ1) is 21.7. The number of hydrogen-bond acceptors (Lipinski definition) is 7. The number of carbonyl (C=O) groups excluding carboxylic acids is 1. The Hall–Kier alpha value is -3.56. The molecule has 0 radical (unpaired) electrons. The van der Waals surface area contributed by atoms with Gasteiger partial charge in [0.05, 0.1) is 17.9 Å². The molecule has 1 aliphatic heterocycles. The van der Waals surface area contributed by atoms with E-state index in [2.05, 4.69) is 30.6 Å². The van der Waals surface area contributed by atoms with E-state index in [1.54, 1.807) is 10.7 Å². The molecule has 0 unspecified atom stereocenters. The average Bonchev–Trinajstić information content (AvgIpc) is 3.13. The summed E-state index contributed by atoms with van der Waals surface area (Å²) in [4.78, 5) is 27.0. The highest BCUT2D eigenvalue weighted by molar-refractivity contribution is 5.78. The van der Waals surface area contributed by atoms with Crippen LogP contribution in [0.1, 0.15) is 29.9 Å². The highest BCUT2D eigenvalue weighted by Crippen LogP contribution is 2.21. The fourth-order valence-electron chi connectivity index (χ4n) is 3.93. The number of aromatic nitrogens is 6. The Morgan fingerprint density at radius 2 is 1.75 bits per heavy atom. The Bertz CT molecular complexity index is 1140. The third-order valence-corrected chi connectivity index (χ3v) is 5.68. The van der Waals surface area contributed by atoms with Crippen molar-refractivity contribution in [2.24, 2.45) is 5.92 Å². The highest BCUT2D eigenvalue weighted by atomic mass is 16.2. The number of anilines is 1. The lowest BCUT2D eigenvalue weighted by atomic mass is 9.96. The summed E-state index contributed by atoms with van der Waals surface area (Å²) in [5.41, 5.74) is 2.50. The summed E-state index contributed by atoms with van der Waals surface area (Å²) in [5, 5.41) is 20.1. The van der Waals surface area contributed by atoms with Crippen LogP contribution in [0.3, 0.4) is 0 Å². The zero-order valence-corrected chi connectivity index (χ0v) is 18.7. The summed E-state index contributed by atoms with van der Waals surface area (Å²) in [6.07, 6.45) is 1.51. The first-order valence-electron chi connectivity index (χ1n) is 10.9. The molecule has 168 valence electrons. The van der Waals surface area contributed by atoms with E-state index in [1.165, 1.54) is 10.7 Å². The molecule has 4 heterocycles. The molecule has 1 fully saturated rings. The van der Waals surface area contributed by atoms with E-state index < -0.39 is 0 Å². The Morgan fingerprint density at radius 1 is 1.00 bits per heavy atom.